The molecule has 2 N–H and O–H groups in total. The molecule has 2 rings (SSSR count). The molecule has 0 heterocycles. The maximum atomic E-state index is 9.89. The second-order valence-electron chi connectivity index (χ2n) is 4.85. The standard InChI is InChI=1S/C17H20ClNO2/c1-3-21-15-9-7-13(8-10-15)12(2)19-11-14-5-4-6-16(18)17(14)20/h4-10,12,19-20H,3,11H2,1-2H3. The lowest BCUT2D eigenvalue weighted by molar-refractivity contribution is 0.340. The van der Waals surface area contributed by atoms with Crippen molar-refractivity contribution in [1.29, 1.82) is 0 Å². The van der Waals surface area contributed by atoms with E-state index in [9.17, 15) is 5.11 Å². The second-order valence-corrected chi connectivity index (χ2v) is 5.26. The van der Waals surface area contributed by atoms with Crippen molar-refractivity contribution in [1.82, 2.24) is 5.32 Å². The number of ether oxygens (including phenoxy) is 1. The average Bonchev–Trinajstić information content (AvgIpc) is 2.49. The van der Waals surface area contributed by atoms with Gasteiger partial charge in [-0.1, -0.05) is 35.9 Å². The van der Waals surface area contributed by atoms with Gasteiger partial charge in [0, 0.05) is 18.2 Å². The number of benzene rings is 2. The highest BCUT2D eigenvalue weighted by molar-refractivity contribution is 6.32. The van der Waals surface area contributed by atoms with Crippen molar-refractivity contribution in [2.75, 3.05) is 6.61 Å². The smallest absolute Gasteiger partial charge is 0.138 e. The third kappa shape index (κ3) is 4.13. The molecule has 2 aromatic carbocycles. The number of rotatable bonds is 6. The van der Waals surface area contributed by atoms with Crippen LogP contribution in [-0.2, 0) is 6.54 Å². The van der Waals surface area contributed by atoms with Crippen LogP contribution in [0.2, 0.25) is 5.02 Å². The Morgan fingerprint density at radius 2 is 1.90 bits per heavy atom. The highest BCUT2D eigenvalue weighted by Gasteiger charge is 2.08. The Bertz CT molecular complexity index is 584. The van der Waals surface area contributed by atoms with E-state index in [0.29, 0.717) is 18.2 Å². The number of phenols is 1. The summed E-state index contributed by atoms with van der Waals surface area (Å²) in [6.07, 6.45) is 0. The van der Waals surface area contributed by atoms with Gasteiger partial charge in [-0.25, -0.2) is 0 Å². The predicted octanol–water partition coefficient (Wildman–Crippen LogP) is 4.30. The van der Waals surface area contributed by atoms with E-state index in [4.69, 9.17) is 16.3 Å². The van der Waals surface area contributed by atoms with Gasteiger partial charge in [0.05, 0.1) is 11.6 Å². The third-order valence-corrected chi connectivity index (χ3v) is 3.67. The Hall–Kier alpha value is -1.71. The van der Waals surface area contributed by atoms with Crippen LogP contribution in [0, 0.1) is 0 Å². The summed E-state index contributed by atoms with van der Waals surface area (Å²) < 4.78 is 5.43. The van der Waals surface area contributed by atoms with Gasteiger partial charge in [-0.2, -0.15) is 0 Å². The molecule has 21 heavy (non-hydrogen) atoms. The van der Waals surface area contributed by atoms with E-state index in [-0.39, 0.29) is 11.8 Å². The number of para-hydroxylation sites is 1. The minimum atomic E-state index is 0.144. The maximum absolute atomic E-state index is 9.89. The molecule has 0 aromatic heterocycles. The molecule has 0 radical (unpaired) electrons. The Kier molecular flexibility index (Phi) is 5.48. The van der Waals surface area contributed by atoms with Crippen LogP contribution in [0.4, 0.5) is 0 Å². The molecule has 2 aromatic rings. The maximum Gasteiger partial charge on any atom is 0.138 e. The monoisotopic (exact) mass is 305 g/mol. The zero-order valence-electron chi connectivity index (χ0n) is 12.3. The molecule has 0 saturated carbocycles. The summed E-state index contributed by atoms with van der Waals surface area (Å²) in [5.74, 6) is 1.02. The molecule has 3 nitrogen and oxygen atoms in total. The molecule has 112 valence electrons. The fraction of sp³-hybridized carbons (Fsp3) is 0.294. The number of nitrogens with one attached hydrogen (secondary N) is 1. The van der Waals surface area contributed by atoms with Gasteiger partial charge in [0.1, 0.15) is 11.5 Å². The highest BCUT2D eigenvalue weighted by Crippen LogP contribution is 2.27. The predicted molar refractivity (Wildman–Crippen MR) is 86.0 cm³/mol. The van der Waals surface area contributed by atoms with Gasteiger partial charge in [-0.05, 0) is 37.6 Å². The van der Waals surface area contributed by atoms with E-state index in [1.807, 2.05) is 43.3 Å². The van der Waals surface area contributed by atoms with Gasteiger partial charge >= 0.3 is 0 Å². The summed E-state index contributed by atoms with van der Waals surface area (Å²) in [7, 11) is 0. The Morgan fingerprint density at radius 3 is 2.57 bits per heavy atom. The molecule has 0 spiro atoms. The van der Waals surface area contributed by atoms with Crippen LogP contribution in [0.25, 0.3) is 0 Å². The minimum Gasteiger partial charge on any atom is -0.506 e. The van der Waals surface area contributed by atoms with Crippen molar-refractivity contribution in [2.24, 2.45) is 0 Å². The van der Waals surface area contributed by atoms with Gasteiger partial charge in [-0.3, -0.25) is 0 Å². The largest absolute Gasteiger partial charge is 0.506 e. The zero-order valence-corrected chi connectivity index (χ0v) is 13.0. The summed E-state index contributed by atoms with van der Waals surface area (Å²) in [5.41, 5.74) is 1.96. The first-order chi connectivity index (χ1) is 10.1. The van der Waals surface area contributed by atoms with Crippen molar-refractivity contribution in [3.05, 3.63) is 58.6 Å². The van der Waals surface area contributed by atoms with Crippen LogP contribution in [0.5, 0.6) is 11.5 Å². The van der Waals surface area contributed by atoms with Crippen molar-refractivity contribution in [2.45, 2.75) is 26.4 Å². The van der Waals surface area contributed by atoms with Crippen molar-refractivity contribution >= 4 is 11.6 Å². The fourth-order valence-electron chi connectivity index (χ4n) is 2.10. The summed E-state index contributed by atoms with van der Waals surface area (Å²) in [6.45, 7) is 5.27. The fourth-order valence-corrected chi connectivity index (χ4v) is 2.30. The molecule has 0 fully saturated rings. The molecule has 0 aliphatic carbocycles. The van der Waals surface area contributed by atoms with Crippen LogP contribution in [-0.4, -0.2) is 11.7 Å². The van der Waals surface area contributed by atoms with E-state index >= 15 is 0 Å². The molecule has 4 heteroatoms. The Balaban J connectivity index is 1.98. The summed E-state index contributed by atoms with van der Waals surface area (Å²) in [5, 5.41) is 13.6. The molecule has 0 saturated heterocycles. The third-order valence-electron chi connectivity index (χ3n) is 3.36. The molecule has 0 amide bonds. The Labute approximate surface area is 130 Å². The van der Waals surface area contributed by atoms with Crippen molar-refractivity contribution in [3.8, 4) is 11.5 Å². The van der Waals surface area contributed by atoms with Crippen LogP contribution in [0.1, 0.15) is 31.0 Å². The lowest BCUT2D eigenvalue weighted by atomic mass is 10.1. The minimum absolute atomic E-state index is 0.144. The van der Waals surface area contributed by atoms with Crippen molar-refractivity contribution in [3.63, 3.8) is 0 Å². The highest BCUT2D eigenvalue weighted by atomic mass is 35.5. The van der Waals surface area contributed by atoms with E-state index in [1.54, 1.807) is 6.07 Å². The molecule has 0 aliphatic rings. The Morgan fingerprint density at radius 1 is 1.19 bits per heavy atom. The van der Waals surface area contributed by atoms with Crippen molar-refractivity contribution < 1.29 is 9.84 Å². The first-order valence-electron chi connectivity index (χ1n) is 7.04. The molecule has 1 atom stereocenters. The van der Waals surface area contributed by atoms with E-state index < -0.39 is 0 Å². The first-order valence-corrected chi connectivity index (χ1v) is 7.42. The summed E-state index contributed by atoms with van der Waals surface area (Å²) >= 11 is 5.90. The zero-order chi connectivity index (χ0) is 15.2. The van der Waals surface area contributed by atoms with E-state index in [2.05, 4.69) is 12.2 Å². The van der Waals surface area contributed by atoms with Gasteiger partial charge in [-0.15, -0.1) is 0 Å². The van der Waals surface area contributed by atoms with Crippen LogP contribution in [0.15, 0.2) is 42.5 Å². The lowest BCUT2D eigenvalue weighted by Gasteiger charge is -2.16. The summed E-state index contributed by atoms with van der Waals surface area (Å²) in [6, 6.07) is 13.6. The summed E-state index contributed by atoms with van der Waals surface area (Å²) in [4.78, 5) is 0. The lowest BCUT2D eigenvalue weighted by Crippen LogP contribution is -2.18. The van der Waals surface area contributed by atoms with Crippen LogP contribution in [0.3, 0.4) is 0 Å². The van der Waals surface area contributed by atoms with E-state index in [1.165, 1.54) is 5.56 Å². The van der Waals surface area contributed by atoms with Gasteiger partial charge in [0.2, 0.25) is 0 Å². The number of hydrogen-bond donors (Lipinski definition) is 2. The molecular formula is C17H20ClNO2. The molecule has 0 aliphatic heterocycles. The average molecular weight is 306 g/mol. The van der Waals surface area contributed by atoms with Gasteiger partial charge in [0.25, 0.3) is 0 Å². The quantitative estimate of drug-likeness (QED) is 0.836. The number of hydrogen-bond acceptors (Lipinski definition) is 3. The van der Waals surface area contributed by atoms with Gasteiger partial charge in [0.15, 0.2) is 0 Å². The topological polar surface area (TPSA) is 41.5 Å². The van der Waals surface area contributed by atoms with Crippen LogP contribution >= 0.6 is 11.6 Å². The molecular weight excluding hydrogens is 286 g/mol. The van der Waals surface area contributed by atoms with Crippen LogP contribution < -0.4 is 10.1 Å². The molecule has 1 unspecified atom stereocenters. The SMILES string of the molecule is CCOc1ccc(C(C)NCc2cccc(Cl)c2O)cc1. The molecule has 0 bridgehead atoms. The first kappa shape index (κ1) is 15.7. The van der Waals surface area contributed by atoms with E-state index in [0.717, 1.165) is 11.3 Å². The number of halogens is 1. The number of aromatic hydroxyl groups is 1. The normalized spacial score (nSPS) is 12.1. The second kappa shape index (κ2) is 7.34. The van der Waals surface area contributed by atoms with Gasteiger partial charge < -0.3 is 15.2 Å². The number of phenolic OH excluding ortho intramolecular Hbond substituents is 1.